The smallest absolute Gasteiger partial charge is 0.254 e. The number of aryl methyl sites for hydroxylation is 1. The lowest BCUT2D eigenvalue weighted by molar-refractivity contribution is 0.0698. The summed E-state index contributed by atoms with van der Waals surface area (Å²) in [5, 5.41) is 5.15. The van der Waals surface area contributed by atoms with Gasteiger partial charge < -0.3 is 9.80 Å². The number of hydrogen-bond acceptors (Lipinski definition) is 4. The molecular weight excluding hydrogens is 338 g/mol. The fourth-order valence-electron chi connectivity index (χ4n) is 3.88. The van der Waals surface area contributed by atoms with Crippen molar-refractivity contribution in [1.29, 1.82) is 0 Å². The zero-order valence-electron chi connectivity index (χ0n) is 16.1. The van der Waals surface area contributed by atoms with Gasteiger partial charge in [-0.15, -0.1) is 0 Å². The number of pyridine rings is 1. The minimum atomic E-state index is 0.0848. The maximum Gasteiger partial charge on any atom is 0.254 e. The molecule has 6 heteroatoms. The van der Waals surface area contributed by atoms with Crippen LogP contribution in [0.1, 0.15) is 23.7 Å². The topological polar surface area (TPSA) is 54.3 Å². The second-order valence-electron chi connectivity index (χ2n) is 7.44. The van der Waals surface area contributed by atoms with Crippen LogP contribution in [0.2, 0.25) is 0 Å². The molecule has 27 heavy (non-hydrogen) atoms. The fraction of sp³-hybridized carbons (Fsp3) is 0.381. The Bertz CT molecular complexity index is 980. The molecule has 1 saturated heterocycles. The Balaban J connectivity index is 1.81. The lowest BCUT2D eigenvalue weighted by Gasteiger charge is -2.28. The lowest BCUT2D eigenvalue weighted by Crippen LogP contribution is -2.42. The highest BCUT2D eigenvalue weighted by molar-refractivity contribution is 6.07. The standard InChI is InChI=1S/C21H25N5O/c1-15-13-24(2)9-6-10-26(15)21(27)18-11-20(16-12-22-25(3)14-16)23-19-8-5-4-7-17(18)19/h4-5,7-8,11-12,14-15H,6,9-10,13H2,1-3H3/t15-/m1/s1. The Hall–Kier alpha value is -2.73. The lowest BCUT2D eigenvalue weighted by atomic mass is 10.0. The molecule has 3 heterocycles. The van der Waals surface area contributed by atoms with E-state index in [1.807, 2.05) is 48.5 Å². The molecule has 2 aromatic heterocycles. The summed E-state index contributed by atoms with van der Waals surface area (Å²) in [6.45, 7) is 4.82. The number of likely N-dealkylation sites (N-methyl/N-ethyl adjacent to an activating group) is 1. The van der Waals surface area contributed by atoms with Crippen LogP contribution in [0.3, 0.4) is 0 Å². The molecule has 0 N–H and O–H groups in total. The molecule has 0 unspecified atom stereocenters. The van der Waals surface area contributed by atoms with Gasteiger partial charge in [0, 0.05) is 43.3 Å². The van der Waals surface area contributed by atoms with Gasteiger partial charge in [0.2, 0.25) is 0 Å². The molecule has 0 bridgehead atoms. The Labute approximate surface area is 159 Å². The van der Waals surface area contributed by atoms with E-state index in [9.17, 15) is 4.79 Å². The molecule has 1 aromatic carbocycles. The van der Waals surface area contributed by atoms with Crippen LogP contribution in [-0.2, 0) is 7.05 Å². The minimum absolute atomic E-state index is 0.0848. The number of para-hydroxylation sites is 1. The molecule has 1 fully saturated rings. The first-order valence-corrected chi connectivity index (χ1v) is 9.41. The van der Waals surface area contributed by atoms with Crippen molar-refractivity contribution in [3.63, 3.8) is 0 Å². The van der Waals surface area contributed by atoms with E-state index >= 15 is 0 Å². The van der Waals surface area contributed by atoms with Crippen LogP contribution in [-0.4, -0.2) is 63.2 Å². The van der Waals surface area contributed by atoms with Crippen molar-refractivity contribution in [2.75, 3.05) is 26.7 Å². The molecule has 0 saturated carbocycles. The third-order valence-corrected chi connectivity index (χ3v) is 5.25. The van der Waals surface area contributed by atoms with Gasteiger partial charge in [-0.2, -0.15) is 5.10 Å². The number of carbonyl (C=O) groups excluding carboxylic acids is 1. The summed E-state index contributed by atoms with van der Waals surface area (Å²) in [5.74, 6) is 0.0848. The van der Waals surface area contributed by atoms with E-state index < -0.39 is 0 Å². The zero-order chi connectivity index (χ0) is 19.0. The monoisotopic (exact) mass is 363 g/mol. The van der Waals surface area contributed by atoms with Crippen LogP contribution < -0.4 is 0 Å². The van der Waals surface area contributed by atoms with Crippen molar-refractivity contribution < 1.29 is 4.79 Å². The van der Waals surface area contributed by atoms with Crippen LogP contribution in [0.15, 0.2) is 42.7 Å². The molecule has 3 aromatic rings. The molecule has 4 rings (SSSR count). The molecule has 0 spiro atoms. The van der Waals surface area contributed by atoms with Crippen molar-refractivity contribution in [2.45, 2.75) is 19.4 Å². The van der Waals surface area contributed by atoms with Crippen molar-refractivity contribution in [3.05, 3.63) is 48.3 Å². The van der Waals surface area contributed by atoms with Gasteiger partial charge in [0.25, 0.3) is 5.91 Å². The second-order valence-corrected chi connectivity index (χ2v) is 7.44. The molecule has 1 aliphatic rings. The Morgan fingerprint density at radius 1 is 1.19 bits per heavy atom. The molecule has 1 amide bonds. The average Bonchev–Trinajstić information content (AvgIpc) is 3.02. The number of carbonyl (C=O) groups is 1. The van der Waals surface area contributed by atoms with E-state index in [0.29, 0.717) is 0 Å². The maximum absolute atomic E-state index is 13.5. The quantitative estimate of drug-likeness (QED) is 0.703. The number of rotatable bonds is 2. The first kappa shape index (κ1) is 17.7. The first-order chi connectivity index (χ1) is 13.0. The SMILES string of the molecule is C[C@@H]1CN(C)CCCN1C(=O)c1cc(-c2cnn(C)c2)nc2ccccc12. The van der Waals surface area contributed by atoms with Crippen molar-refractivity contribution >= 4 is 16.8 Å². The number of aromatic nitrogens is 3. The van der Waals surface area contributed by atoms with Crippen LogP contribution in [0, 0.1) is 0 Å². The Kier molecular flexibility index (Phi) is 4.66. The van der Waals surface area contributed by atoms with E-state index in [1.54, 1.807) is 10.9 Å². The first-order valence-electron chi connectivity index (χ1n) is 9.41. The van der Waals surface area contributed by atoms with Gasteiger partial charge in [-0.1, -0.05) is 18.2 Å². The van der Waals surface area contributed by atoms with Crippen LogP contribution in [0.4, 0.5) is 0 Å². The molecule has 1 atom stereocenters. The van der Waals surface area contributed by atoms with E-state index in [2.05, 4.69) is 24.0 Å². The number of hydrogen-bond donors (Lipinski definition) is 0. The van der Waals surface area contributed by atoms with Gasteiger partial charge in [-0.25, -0.2) is 4.98 Å². The highest BCUT2D eigenvalue weighted by atomic mass is 16.2. The minimum Gasteiger partial charge on any atom is -0.335 e. The third kappa shape index (κ3) is 3.45. The Morgan fingerprint density at radius 3 is 2.78 bits per heavy atom. The largest absolute Gasteiger partial charge is 0.335 e. The summed E-state index contributed by atoms with van der Waals surface area (Å²) < 4.78 is 1.75. The van der Waals surface area contributed by atoms with Crippen molar-refractivity contribution in [3.8, 4) is 11.3 Å². The van der Waals surface area contributed by atoms with Gasteiger partial charge in [0.15, 0.2) is 0 Å². The number of benzene rings is 1. The predicted octanol–water partition coefficient (Wildman–Crippen LogP) is 2.80. The summed E-state index contributed by atoms with van der Waals surface area (Å²) in [7, 11) is 4.00. The third-order valence-electron chi connectivity index (χ3n) is 5.25. The molecule has 1 aliphatic heterocycles. The zero-order valence-corrected chi connectivity index (χ0v) is 16.1. The summed E-state index contributed by atoms with van der Waals surface area (Å²) in [6, 6.07) is 9.97. The summed E-state index contributed by atoms with van der Waals surface area (Å²) in [4.78, 5) is 22.6. The normalized spacial score (nSPS) is 18.6. The van der Waals surface area contributed by atoms with Gasteiger partial charge in [0.1, 0.15) is 0 Å². The van der Waals surface area contributed by atoms with E-state index in [1.165, 1.54) is 0 Å². The molecule has 140 valence electrons. The van der Waals surface area contributed by atoms with Gasteiger partial charge in [-0.3, -0.25) is 9.48 Å². The Morgan fingerprint density at radius 2 is 2.00 bits per heavy atom. The van der Waals surface area contributed by atoms with Gasteiger partial charge >= 0.3 is 0 Å². The predicted molar refractivity (Wildman–Crippen MR) is 107 cm³/mol. The number of amides is 1. The van der Waals surface area contributed by atoms with E-state index in [0.717, 1.165) is 53.8 Å². The van der Waals surface area contributed by atoms with E-state index in [4.69, 9.17) is 4.98 Å². The van der Waals surface area contributed by atoms with E-state index in [-0.39, 0.29) is 11.9 Å². The molecule has 0 radical (unpaired) electrons. The average molecular weight is 363 g/mol. The molecule has 6 nitrogen and oxygen atoms in total. The van der Waals surface area contributed by atoms with Crippen molar-refractivity contribution in [1.82, 2.24) is 24.6 Å². The van der Waals surface area contributed by atoms with Gasteiger partial charge in [0.05, 0.1) is 23.0 Å². The highest BCUT2D eigenvalue weighted by Crippen LogP contribution is 2.26. The second kappa shape index (κ2) is 7.12. The molecule has 0 aliphatic carbocycles. The summed E-state index contributed by atoms with van der Waals surface area (Å²) >= 11 is 0. The number of nitrogens with zero attached hydrogens (tertiary/aromatic N) is 5. The van der Waals surface area contributed by atoms with Crippen LogP contribution >= 0.6 is 0 Å². The van der Waals surface area contributed by atoms with Crippen LogP contribution in [0.25, 0.3) is 22.2 Å². The highest BCUT2D eigenvalue weighted by Gasteiger charge is 2.26. The maximum atomic E-state index is 13.5. The summed E-state index contributed by atoms with van der Waals surface area (Å²) in [6.07, 6.45) is 4.70. The molecular formula is C21H25N5O. The van der Waals surface area contributed by atoms with Crippen molar-refractivity contribution in [2.24, 2.45) is 7.05 Å². The number of fused-ring (bicyclic) bond motifs is 1. The van der Waals surface area contributed by atoms with Gasteiger partial charge in [-0.05, 0) is 39.1 Å². The fourth-order valence-corrected chi connectivity index (χ4v) is 3.88. The van der Waals surface area contributed by atoms with Crippen LogP contribution in [0.5, 0.6) is 0 Å². The summed E-state index contributed by atoms with van der Waals surface area (Å²) in [5.41, 5.74) is 3.25.